The van der Waals surface area contributed by atoms with E-state index in [2.05, 4.69) is 13.0 Å². The van der Waals surface area contributed by atoms with Gasteiger partial charge in [-0.2, -0.15) is 0 Å². The highest BCUT2D eigenvalue weighted by molar-refractivity contribution is 6.21. The van der Waals surface area contributed by atoms with Gasteiger partial charge in [-0.3, -0.25) is 0 Å². The third-order valence-corrected chi connectivity index (χ3v) is 3.99. The van der Waals surface area contributed by atoms with E-state index in [1.165, 1.54) is 12.0 Å². The molecule has 0 bridgehead atoms. The second kappa shape index (κ2) is 5.18. The standard InChI is InChI=1S/C14H19ClO2/c1-9-6-11(9)12(15)7-10-4-5-13(16-2)14(8-10)17-3/h4-5,8-9,11-12H,6-7H2,1-3H3. The molecule has 0 aromatic heterocycles. The molecule has 2 nitrogen and oxygen atoms in total. The van der Waals surface area contributed by atoms with Gasteiger partial charge in [-0.25, -0.2) is 0 Å². The smallest absolute Gasteiger partial charge is 0.160 e. The number of rotatable bonds is 5. The Balaban J connectivity index is 2.05. The number of hydrogen-bond acceptors (Lipinski definition) is 2. The molecule has 3 heteroatoms. The Kier molecular flexibility index (Phi) is 3.82. The van der Waals surface area contributed by atoms with Gasteiger partial charge in [0.2, 0.25) is 0 Å². The molecule has 1 aromatic carbocycles. The highest BCUT2D eigenvalue weighted by atomic mass is 35.5. The third kappa shape index (κ3) is 2.86. The van der Waals surface area contributed by atoms with Gasteiger partial charge in [-0.15, -0.1) is 11.6 Å². The number of halogens is 1. The molecule has 0 radical (unpaired) electrons. The molecule has 94 valence electrons. The van der Waals surface area contributed by atoms with Crippen LogP contribution in [0.4, 0.5) is 0 Å². The predicted molar refractivity (Wildman–Crippen MR) is 70.2 cm³/mol. The van der Waals surface area contributed by atoms with Gasteiger partial charge in [0.25, 0.3) is 0 Å². The maximum absolute atomic E-state index is 6.40. The van der Waals surface area contributed by atoms with Crippen molar-refractivity contribution in [3.05, 3.63) is 23.8 Å². The molecule has 2 rings (SSSR count). The lowest BCUT2D eigenvalue weighted by Crippen LogP contribution is -2.07. The van der Waals surface area contributed by atoms with Gasteiger partial charge in [0.15, 0.2) is 11.5 Å². The summed E-state index contributed by atoms with van der Waals surface area (Å²) in [6, 6.07) is 6.01. The van der Waals surface area contributed by atoms with Crippen LogP contribution >= 0.6 is 11.6 Å². The van der Waals surface area contributed by atoms with Crippen LogP contribution in [0.1, 0.15) is 18.9 Å². The van der Waals surface area contributed by atoms with E-state index in [0.29, 0.717) is 5.92 Å². The molecule has 3 atom stereocenters. The fourth-order valence-corrected chi connectivity index (χ4v) is 2.77. The summed E-state index contributed by atoms with van der Waals surface area (Å²) >= 11 is 6.40. The van der Waals surface area contributed by atoms with Gasteiger partial charge >= 0.3 is 0 Å². The average Bonchev–Trinajstić information content (AvgIpc) is 3.06. The number of alkyl halides is 1. The summed E-state index contributed by atoms with van der Waals surface area (Å²) in [7, 11) is 3.30. The summed E-state index contributed by atoms with van der Waals surface area (Å²) in [5.74, 6) is 3.02. The van der Waals surface area contributed by atoms with Gasteiger partial charge in [-0.1, -0.05) is 13.0 Å². The summed E-state index contributed by atoms with van der Waals surface area (Å²) < 4.78 is 10.5. The van der Waals surface area contributed by atoms with Crippen molar-refractivity contribution in [1.29, 1.82) is 0 Å². The van der Waals surface area contributed by atoms with Gasteiger partial charge in [0, 0.05) is 5.38 Å². The summed E-state index contributed by atoms with van der Waals surface area (Å²) in [6.45, 7) is 2.26. The Hall–Kier alpha value is -0.890. The summed E-state index contributed by atoms with van der Waals surface area (Å²) in [6.07, 6.45) is 2.17. The Morgan fingerprint density at radius 3 is 2.47 bits per heavy atom. The molecule has 0 heterocycles. The fraction of sp³-hybridized carbons (Fsp3) is 0.571. The first kappa shape index (κ1) is 12.6. The molecule has 1 fully saturated rings. The Labute approximate surface area is 108 Å². The zero-order valence-electron chi connectivity index (χ0n) is 10.6. The molecule has 1 aliphatic carbocycles. The molecule has 0 amide bonds. The molecule has 17 heavy (non-hydrogen) atoms. The van der Waals surface area contributed by atoms with E-state index < -0.39 is 0 Å². The Morgan fingerprint density at radius 2 is 1.94 bits per heavy atom. The SMILES string of the molecule is COc1ccc(CC(Cl)C2CC2C)cc1OC. The van der Waals surface area contributed by atoms with E-state index in [9.17, 15) is 0 Å². The van der Waals surface area contributed by atoms with E-state index in [1.807, 2.05) is 12.1 Å². The van der Waals surface area contributed by atoms with E-state index in [1.54, 1.807) is 14.2 Å². The third-order valence-electron chi connectivity index (χ3n) is 3.51. The second-order valence-corrected chi connectivity index (χ2v) is 5.35. The first-order valence-electron chi connectivity index (χ1n) is 6.00. The van der Waals surface area contributed by atoms with Crippen molar-refractivity contribution in [2.24, 2.45) is 11.8 Å². The minimum Gasteiger partial charge on any atom is -0.493 e. The topological polar surface area (TPSA) is 18.5 Å². The van der Waals surface area contributed by atoms with Crippen molar-refractivity contribution in [3.8, 4) is 11.5 Å². The first-order valence-corrected chi connectivity index (χ1v) is 6.44. The Bertz CT molecular complexity index is 392. The van der Waals surface area contributed by atoms with E-state index in [-0.39, 0.29) is 5.38 Å². The van der Waals surface area contributed by atoms with Crippen molar-refractivity contribution in [2.75, 3.05) is 14.2 Å². The Morgan fingerprint density at radius 1 is 1.29 bits per heavy atom. The highest BCUT2D eigenvalue weighted by Crippen LogP contribution is 2.44. The van der Waals surface area contributed by atoms with Gasteiger partial charge in [-0.05, 0) is 42.4 Å². The summed E-state index contributed by atoms with van der Waals surface area (Å²) in [4.78, 5) is 0. The van der Waals surface area contributed by atoms with Crippen molar-refractivity contribution < 1.29 is 9.47 Å². The number of hydrogen-bond donors (Lipinski definition) is 0. The molecule has 1 aromatic rings. The molecule has 0 N–H and O–H groups in total. The number of ether oxygens (including phenoxy) is 2. The summed E-state index contributed by atoms with van der Waals surface area (Å²) in [5, 5.41) is 0.239. The monoisotopic (exact) mass is 254 g/mol. The van der Waals surface area contributed by atoms with Crippen LogP contribution in [0.15, 0.2) is 18.2 Å². The average molecular weight is 255 g/mol. The number of benzene rings is 1. The lowest BCUT2D eigenvalue weighted by Gasteiger charge is -2.12. The van der Waals surface area contributed by atoms with Gasteiger partial charge in [0.1, 0.15) is 0 Å². The van der Waals surface area contributed by atoms with Crippen molar-refractivity contribution in [2.45, 2.75) is 25.1 Å². The summed E-state index contributed by atoms with van der Waals surface area (Å²) in [5.41, 5.74) is 1.21. The maximum Gasteiger partial charge on any atom is 0.160 e. The van der Waals surface area contributed by atoms with Crippen molar-refractivity contribution in [1.82, 2.24) is 0 Å². The van der Waals surface area contributed by atoms with Gasteiger partial charge in [0.05, 0.1) is 14.2 Å². The minimum absolute atomic E-state index is 0.239. The van der Waals surface area contributed by atoms with Crippen LogP contribution < -0.4 is 9.47 Å². The van der Waals surface area contributed by atoms with E-state index in [0.717, 1.165) is 23.8 Å². The van der Waals surface area contributed by atoms with Crippen LogP contribution in [0.25, 0.3) is 0 Å². The van der Waals surface area contributed by atoms with Gasteiger partial charge < -0.3 is 9.47 Å². The minimum atomic E-state index is 0.239. The van der Waals surface area contributed by atoms with Crippen LogP contribution in [0.2, 0.25) is 0 Å². The second-order valence-electron chi connectivity index (χ2n) is 4.79. The normalized spacial score (nSPS) is 24.2. The molecule has 3 unspecified atom stereocenters. The quantitative estimate of drug-likeness (QED) is 0.749. The molecule has 0 aliphatic heterocycles. The molecule has 0 spiro atoms. The van der Waals surface area contributed by atoms with Crippen LogP contribution in [0, 0.1) is 11.8 Å². The maximum atomic E-state index is 6.40. The van der Waals surface area contributed by atoms with Crippen LogP contribution in [0.5, 0.6) is 11.5 Å². The molecule has 1 aliphatic rings. The molecular weight excluding hydrogens is 236 g/mol. The van der Waals surface area contributed by atoms with Crippen molar-refractivity contribution in [3.63, 3.8) is 0 Å². The van der Waals surface area contributed by atoms with Crippen LogP contribution in [-0.2, 0) is 6.42 Å². The van der Waals surface area contributed by atoms with Crippen LogP contribution in [-0.4, -0.2) is 19.6 Å². The van der Waals surface area contributed by atoms with Crippen molar-refractivity contribution >= 4 is 11.6 Å². The number of methoxy groups -OCH3 is 2. The van der Waals surface area contributed by atoms with E-state index in [4.69, 9.17) is 21.1 Å². The largest absolute Gasteiger partial charge is 0.493 e. The predicted octanol–water partition coefficient (Wildman–Crippen LogP) is 3.51. The molecular formula is C14H19ClO2. The zero-order chi connectivity index (χ0) is 12.4. The van der Waals surface area contributed by atoms with Crippen LogP contribution in [0.3, 0.4) is 0 Å². The van der Waals surface area contributed by atoms with E-state index >= 15 is 0 Å². The first-order chi connectivity index (χ1) is 8.15. The fourth-order valence-electron chi connectivity index (χ4n) is 2.24. The lowest BCUT2D eigenvalue weighted by atomic mass is 10.1. The molecule has 1 saturated carbocycles. The lowest BCUT2D eigenvalue weighted by molar-refractivity contribution is 0.354. The zero-order valence-corrected chi connectivity index (χ0v) is 11.3. The highest BCUT2D eigenvalue weighted by Gasteiger charge is 2.38. The molecule has 0 saturated heterocycles.